The summed E-state index contributed by atoms with van der Waals surface area (Å²) in [7, 11) is 4.04. The average molecular weight is 587 g/mol. The summed E-state index contributed by atoms with van der Waals surface area (Å²) < 4.78 is 15.5. The lowest BCUT2D eigenvalue weighted by atomic mass is 10.0. The smallest absolute Gasteiger partial charge is 0.236 e. The van der Waals surface area contributed by atoms with Crippen LogP contribution in [0.5, 0.6) is 0 Å². The number of carbonyl (C=O) groups is 1. The number of nitrogens with zero attached hydrogens (tertiary/aromatic N) is 7. The van der Waals surface area contributed by atoms with E-state index in [0.29, 0.717) is 19.6 Å². The number of aromatic nitrogens is 3. The molecule has 5 heterocycles. The Morgan fingerprint density at radius 2 is 1.98 bits per heavy atom. The van der Waals surface area contributed by atoms with E-state index in [1.54, 1.807) is 40.1 Å². The number of fused-ring (bicyclic) bond motifs is 1. The lowest BCUT2D eigenvalue weighted by molar-refractivity contribution is -0.142. The van der Waals surface area contributed by atoms with E-state index in [4.69, 9.17) is 9.97 Å². The number of thioether (sulfide) groups is 1. The number of β-amino-alcohol motifs (C(OH)–C–C–N with tert-alkyl or cyclic N) is 1. The van der Waals surface area contributed by atoms with Gasteiger partial charge in [-0.05, 0) is 62.3 Å². The topological polar surface area (TPSA) is 93.0 Å². The maximum atomic E-state index is 13.4. The van der Waals surface area contributed by atoms with E-state index in [2.05, 4.69) is 31.7 Å². The molecule has 0 saturated carbocycles. The molecule has 1 aromatic carbocycles. The van der Waals surface area contributed by atoms with Crippen LogP contribution in [0.3, 0.4) is 0 Å². The summed E-state index contributed by atoms with van der Waals surface area (Å²) in [4.78, 5) is 30.8. The van der Waals surface area contributed by atoms with E-state index in [1.165, 1.54) is 12.1 Å². The maximum absolute atomic E-state index is 13.4. The van der Waals surface area contributed by atoms with Crippen molar-refractivity contribution in [3.05, 3.63) is 41.2 Å². The molecule has 2 atom stereocenters. The Bertz CT molecular complexity index is 1360. The van der Waals surface area contributed by atoms with Gasteiger partial charge in [-0.25, -0.2) is 19.0 Å². The molecular weight excluding hydrogens is 551 g/mol. The Hall–Kier alpha value is -2.71. The predicted octanol–water partition coefficient (Wildman–Crippen LogP) is 3.01. The van der Waals surface area contributed by atoms with E-state index in [9.17, 15) is 14.3 Å². The van der Waals surface area contributed by atoms with Crippen molar-refractivity contribution >= 4 is 40.0 Å². The zero-order valence-corrected chi connectivity index (χ0v) is 24.6. The standard InChI is InChI=1S/C27H35FN8O2S2/c1-4-21-24(33(3)25-30-22(16-39-25)17-7-9-18(28)10-8-17)36-26(29-21)40-27(31-36)34-11-5-6-19(12-34)32(2)15-23(38)35-13-20(37)14-35/h7-10,16,19-20,27,31,37H,4-6,11-15H2,1-3H3. The monoisotopic (exact) mass is 586 g/mol. The van der Waals surface area contributed by atoms with Crippen LogP contribution in [0.4, 0.5) is 15.3 Å². The molecule has 2 saturated heterocycles. The summed E-state index contributed by atoms with van der Waals surface area (Å²) in [6.07, 6.45) is 2.53. The second-order valence-electron chi connectivity index (χ2n) is 10.7. The van der Waals surface area contributed by atoms with Crippen LogP contribution in [0.25, 0.3) is 11.3 Å². The molecule has 13 heteroatoms. The zero-order valence-electron chi connectivity index (χ0n) is 23.0. The number of benzene rings is 1. The van der Waals surface area contributed by atoms with Gasteiger partial charge in [-0.1, -0.05) is 6.92 Å². The Labute approximate surface area is 241 Å². The highest BCUT2D eigenvalue weighted by atomic mass is 32.2. The minimum Gasteiger partial charge on any atom is -0.389 e. The number of halogens is 1. The SMILES string of the molecule is CCc1nc2n(c1N(C)c1nc(-c3ccc(F)cc3)cs1)NC(N1CCCC(N(C)CC(=O)N3CC(O)C3)C1)S2. The molecule has 0 radical (unpaired) electrons. The van der Waals surface area contributed by atoms with E-state index in [-0.39, 0.29) is 29.4 Å². The van der Waals surface area contributed by atoms with Gasteiger partial charge >= 0.3 is 0 Å². The first-order valence-corrected chi connectivity index (χ1v) is 15.5. The number of likely N-dealkylation sites (N-methyl/N-ethyl adjacent to an activating group) is 1. The molecule has 214 valence electrons. The maximum Gasteiger partial charge on any atom is 0.236 e. The minimum atomic E-state index is -0.374. The average Bonchev–Trinajstić information content (AvgIpc) is 3.66. The second-order valence-corrected chi connectivity index (χ2v) is 12.6. The molecule has 0 spiro atoms. The number of aliphatic hydroxyl groups excluding tert-OH is 1. The number of piperidine rings is 1. The van der Waals surface area contributed by atoms with Crippen LogP contribution in [0.2, 0.25) is 0 Å². The third-order valence-electron chi connectivity index (χ3n) is 7.90. The summed E-state index contributed by atoms with van der Waals surface area (Å²) in [5, 5.41) is 13.3. The second kappa shape index (κ2) is 11.3. The number of hydrogen-bond acceptors (Lipinski definition) is 10. The summed E-state index contributed by atoms with van der Waals surface area (Å²) in [6.45, 7) is 5.22. The quantitative estimate of drug-likeness (QED) is 0.413. The normalized spacial score (nSPS) is 21.4. The van der Waals surface area contributed by atoms with Crippen molar-refractivity contribution in [3.63, 3.8) is 0 Å². The van der Waals surface area contributed by atoms with Crippen molar-refractivity contribution in [2.75, 3.05) is 57.1 Å². The number of likely N-dealkylation sites (tertiary alicyclic amines) is 2. The number of anilines is 2. The largest absolute Gasteiger partial charge is 0.389 e. The summed E-state index contributed by atoms with van der Waals surface area (Å²) in [5.41, 5.74) is 6.43. The van der Waals surface area contributed by atoms with Gasteiger partial charge in [0.25, 0.3) is 0 Å². The summed E-state index contributed by atoms with van der Waals surface area (Å²) >= 11 is 3.27. The fourth-order valence-electron chi connectivity index (χ4n) is 5.52. The van der Waals surface area contributed by atoms with Crippen molar-refractivity contribution in [3.8, 4) is 11.3 Å². The highest BCUT2D eigenvalue weighted by molar-refractivity contribution is 8.00. The molecule has 0 aliphatic carbocycles. The van der Waals surface area contributed by atoms with Crippen molar-refractivity contribution in [2.24, 2.45) is 0 Å². The summed E-state index contributed by atoms with van der Waals surface area (Å²) in [5.74, 6) is 0.799. The highest BCUT2D eigenvalue weighted by Crippen LogP contribution is 2.40. The van der Waals surface area contributed by atoms with Crippen molar-refractivity contribution in [2.45, 2.75) is 49.0 Å². The number of rotatable bonds is 8. The molecule has 1 amide bonds. The van der Waals surface area contributed by atoms with E-state index >= 15 is 0 Å². The Kier molecular flexibility index (Phi) is 7.75. The third-order valence-corrected chi connectivity index (χ3v) is 9.93. The fourth-order valence-corrected chi connectivity index (χ4v) is 7.43. The molecule has 6 rings (SSSR count). The number of carbonyl (C=O) groups excluding carboxylic acids is 1. The first-order valence-electron chi connectivity index (χ1n) is 13.7. The first kappa shape index (κ1) is 27.5. The predicted molar refractivity (Wildman–Crippen MR) is 156 cm³/mol. The number of aryl methyl sites for hydroxylation is 1. The number of amides is 1. The molecule has 3 aliphatic rings. The molecule has 2 aromatic heterocycles. The fraction of sp³-hybridized carbons (Fsp3) is 0.519. The number of imidazole rings is 1. The van der Waals surface area contributed by atoms with Gasteiger partial charge in [0.05, 0.1) is 24.0 Å². The van der Waals surface area contributed by atoms with Gasteiger partial charge in [0.2, 0.25) is 5.91 Å². The van der Waals surface area contributed by atoms with Gasteiger partial charge < -0.3 is 14.9 Å². The Morgan fingerprint density at radius 1 is 1.20 bits per heavy atom. The Balaban J connectivity index is 1.13. The molecule has 2 unspecified atom stereocenters. The van der Waals surface area contributed by atoms with Crippen LogP contribution in [0, 0.1) is 5.82 Å². The molecule has 3 aliphatic heterocycles. The molecule has 2 N–H and O–H groups in total. The van der Waals surface area contributed by atoms with Crippen molar-refractivity contribution in [1.29, 1.82) is 0 Å². The van der Waals surface area contributed by atoms with Crippen molar-refractivity contribution < 1.29 is 14.3 Å². The Morgan fingerprint density at radius 3 is 2.70 bits per heavy atom. The van der Waals surface area contributed by atoms with Crippen LogP contribution in [-0.2, 0) is 11.2 Å². The molecular formula is C27H35FN8O2S2. The van der Waals surface area contributed by atoms with Crippen molar-refractivity contribution in [1.82, 2.24) is 29.3 Å². The lowest BCUT2D eigenvalue weighted by Gasteiger charge is -2.41. The van der Waals surface area contributed by atoms with Crippen LogP contribution >= 0.6 is 23.1 Å². The van der Waals surface area contributed by atoms with Gasteiger partial charge in [-0.3, -0.25) is 20.0 Å². The van der Waals surface area contributed by atoms with Crippen LogP contribution in [0.15, 0.2) is 34.8 Å². The molecule has 10 nitrogen and oxygen atoms in total. The number of thiazole rings is 1. The van der Waals surface area contributed by atoms with Gasteiger partial charge in [0, 0.05) is 50.2 Å². The van der Waals surface area contributed by atoms with Crippen LogP contribution < -0.4 is 10.3 Å². The lowest BCUT2D eigenvalue weighted by Crippen LogP contribution is -2.57. The first-order chi connectivity index (χ1) is 19.3. The van der Waals surface area contributed by atoms with E-state index in [1.807, 2.05) is 19.5 Å². The van der Waals surface area contributed by atoms with E-state index in [0.717, 1.165) is 65.4 Å². The van der Waals surface area contributed by atoms with Gasteiger partial charge in [-0.2, -0.15) is 0 Å². The zero-order chi connectivity index (χ0) is 28.0. The number of nitrogens with one attached hydrogen (secondary N) is 1. The highest BCUT2D eigenvalue weighted by Gasteiger charge is 2.37. The van der Waals surface area contributed by atoms with E-state index < -0.39 is 0 Å². The van der Waals surface area contributed by atoms with Gasteiger partial charge in [0.1, 0.15) is 11.3 Å². The molecule has 3 aromatic rings. The molecule has 2 fully saturated rings. The number of aliphatic hydroxyl groups is 1. The third kappa shape index (κ3) is 5.32. The molecule has 40 heavy (non-hydrogen) atoms. The molecule has 0 bridgehead atoms. The summed E-state index contributed by atoms with van der Waals surface area (Å²) in [6, 6.07) is 6.69. The van der Waals surface area contributed by atoms with Crippen LogP contribution in [0.1, 0.15) is 25.5 Å². The van der Waals surface area contributed by atoms with Gasteiger partial charge in [0.15, 0.2) is 16.1 Å². The number of hydrogen-bond donors (Lipinski definition) is 2. The van der Waals surface area contributed by atoms with Gasteiger partial charge in [-0.15, -0.1) is 11.3 Å². The van der Waals surface area contributed by atoms with Crippen LogP contribution in [-0.4, -0.2) is 105 Å². The minimum absolute atomic E-state index is 0.0454.